The van der Waals surface area contributed by atoms with Gasteiger partial charge >= 0.3 is 5.97 Å². The second kappa shape index (κ2) is 6.83. The summed E-state index contributed by atoms with van der Waals surface area (Å²) in [6, 6.07) is 11.6. The maximum atomic E-state index is 12.8. The van der Waals surface area contributed by atoms with E-state index in [1.54, 1.807) is 17.3 Å². The van der Waals surface area contributed by atoms with Crippen LogP contribution in [-0.4, -0.2) is 40.0 Å². The average molecular weight is 324 g/mol. The van der Waals surface area contributed by atoms with Crippen LogP contribution in [0, 0.1) is 11.8 Å². The Kier molecular flexibility index (Phi) is 4.60. The van der Waals surface area contributed by atoms with Crippen LogP contribution in [0.5, 0.6) is 0 Å². The minimum absolute atomic E-state index is 0.155. The molecule has 2 heterocycles. The van der Waals surface area contributed by atoms with Crippen LogP contribution < -0.4 is 0 Å². The SMILES string of the molecule is CC1CC(C(=O)O)CN(C(=O)c2cncc(-c3ccccc3)c2)C1. The molecule has 1 N–H and O–H groups in total. The molecule has 3 rings (SSSR count). The summed E-state index contributed by atoms with van der Waals surface area (Å²) in [7, 11) is 0. The summed E-state index contributed by atoms with van der Waals surface area (Å²) in [5.74, 6) is -1.31. The number of likely N-dealkylation sites (tertiary alicyclic amines) is 1. The minimum Gasteiger partial charge on any atom is -0.481 e. The normalized spacial score (nSPS) is 20.6. The van der Waals surface area contributed by atoms with Gasteiger partial charge in [0.2, 0.25) is 0 Å². The molecular formula is C19H20N2O3. The minimum atomic E-state index is -0.837. The summed E-state index contributed by atoms with van der Waals surface area (Å²) < 4.78 is 0. The molecule has 1 amide bonds. The molecule has 2 aromatic rings. The van der Waals surface area contributed by atoms with Gasteiger partial charge in [-0.3, -0.25) is 14.6 Å². The molecule has 1 aromatic carbocycles. The summed E-state index contributed by atoms with van der Waals surface area (Å²) in [5, 5.41) is 9.27. The molecule has 124 valence electrons. The highest BCUT2D eigenvalue weighted by molar-refractivity contribution is 5.95. The fraction of sp³-hybridized carbons (Fsp3) is 0.316. The maximum absolute atomic E-state index is 12.8. The molecule has 1 aliphatic rings. The Bertz CT molecular complexity index is 745. The van der Waals surface area contributed by atoms with Crippen molar-refractivity contribution in [1.29, 1.82) is 0 Å². The van der Waals surface area contributed by atoms with Crippen molar-refractivity contribution in [1.82, 2.24) is 9.88 Å². The number of pyridine rings is 1. The van der Waals surface area contributed by atoms with Gasteiger partial charge in [0, 0.05) is 31.0 Å². The number of piperidine rings is 1. The van der Waals surface area contributed by atoms with E-state index in [1.165, 1.54) is 0 Å². The van der Waals surface area contributed by atoms with Gasteiger partial charge in [-0.2, -0.15) is 0 Å². The second-order valence-corrected chi connectivity index (χ2v) is 6.41. The van der Waals surface area contributed by atoms with E-state index in [-0.39, 0.29) is 18.4 Å². The van der Waals surface area contributed by atoms with E-state index < -0.39 is 11.9 Å². The molecule has 1 fully saturated rings. The predicted molar refractivity (Wildman–Crippen MR) is 90.5 cm³/mol. The van der Waals surface area contributed by atoms with E-state index in [4.69, 9.17) is 0 Å². The lowest BCUT2D eigenvalue weighted by atomic mass is 9.90. The number of rotatable bonds is 3. The first-order chi connectivity index (χ1) is 11.5. The van der Waals surface area contributed by atoms with Crippen LogP contribution in [0.1, 0.15) is 23.7 Å². The van der Waals surface area contributed by atoms with E-state index in [0.717, 1.165) is 11.1 Å². The zero-order valence-corrected chi connectivity index (χ0v) is 13.6. The quantitative estimate of drug-likeness (QED) is 0.942. The van der Waals surface area contributed by atoms with E-state index in [9.17, 15) is 14.7 Å². The van der Waals surface area contributed by atoms with Crippen LogP contribution in [0.15, 0.2) is 48.8 Å². The van der Waals surface area contributed by atoms with Gasteiger partial charge in [0.1, 0.15) is 0 Å². The first kappa shape index (κ1) is 16.2. The van der Waals surface area contributed by atoms with Crippen LogP contribution in [0.25, 0.3) is 11.1 Å². The fourth-order valence-electron chi connectivity index (χ4n) is 3.22. The molecule has 24 heavy (non-hydrogen) atoms. The van der Waals surface area contributed by atoms with Crippen molar-refractivity contribution in [3.63, 3.8) is 0 Å². The molecular weight excluding hydrogens is 304 g/mol. The van der Waals surface area contributed by atoms with Crippen LogP contribution in [0.4, 0.5) is 0 Å². The molecule has 5 nitrogen and oxygen atoms in total. The second-order valence-electron chi connectivity index (χ2n) is 6.41. The number of aliphatic carboxylic acids is 1. The van der Waals surface area contributed by atoms with E-state index in [1.807, 2.05) is 43.3 Å². The smallest absolute Gasteiger partial charge is 0.308 e. The molecule has 0 radical (unpaired) electrons. The maximum Gasteiger partial charge on any atom is 0.308 e. The van der Waals surface area contributed by atoms with Gasteiger partial charge in [-0.05, 0) is 24.0 Å². The molecule has 0 spiro atoms. The highest BCUT2D eigenvalue weighted by atomic mass is 16.4. The molecule has 0 saturated carbocycles. The topological polar surface area (TPSA) is 70.5 Å². The van der Waals surface area contributed by atoms with E-state index >= 15 is 0 Å². The molecule has 2 atom stereocenters. The Morgan fingerprint density at radius 3 is 2.58 bits per heavy atom. The first-order valence-corrected chi connectivity index (χ1v) is 8.07. The van der Waals surface area contributed by atoms with Gasteiger partial charge < -0.3 is 10.0 Å². The lowest BCUT2D eigenvalue weighted by molar-refractivity contribution is -0.143. The van der Waals surface area contributed by atoms with Crippen molar-refractivity contribution >= 4 is 11.9 Å². The number of amides is 1. The van der Waals surface area contributed by atoms with Gasteiger partial charge in [0.25, 0.3) is 5.91 Å². The van der Waals surface area contributed by atoms with Crippen molar-refractivity contribution in [2.45, 2.75) is 13.3 Å². The van der Waals surface area contributed by atoms with Crippen LogP contribution in [0.2, 0.25) is 0 Å². The monoisotopic (exact) mass is 324 g/mol. The summed E-state index contributed by atoms with van der Waals surface area (Å²) in [4.78, 5) is 29.9. The van der Waals surface area contributed by atoms with Crippen molar-refractivity contribution in [2.75, 3.05) is 13.1 Å². The van der Waals surface area contributed by atoms with Gasteiger partial charge in [-0.1, -0.05) is 37.3 Å². The van der Waals surface area contributed by atoms with Crippen LogP contribution in [-0.2, 0) is 4.79 Å². The lowest BCUT2D eigenvalue weighted by Crippen LogP contribution is -2.45. The van der Waals surface area contributed by atoms with E-state index in [2.05, 4.69) is 4.98 Å². The third kappa shape index (κ3) is 3.45. The first-order valence-electron chi connectivity index (χ1n) is 8.07. The van der Waals surface area contributed by atoms with Crippen LogP contribution in [0.3, 0.4) is 0 Å². The predicted octanol–water partition coefficient (Wildman–Crippen LogP) is 2.93. The fourth-order valence-corrected chi connectivity index (χ4v) is 3.22. The molecule has 5 heteroatoms. The number of hydrogen-bond donors (Lipinski definition) is 1. The molecule has 1 saturated heterocycles. The average Bonchev–Trinajstić information content (AvgIpc) is 2.61. The Labute approximate surface area is 140 Å². The number of hydrogen-bond acceptors (Lipinski definition) is 3. The number of carboxylic acids is 1. The third-order valence-electron chi connectivity index (χ3n) is 4.39. The van der Waals surface area contributed by atoms with Crippen molar-refractivity contribution in [3.8, 4) is 11.1 Å². The van der Waals surface area contributed by atoms with Gasteiger partial charge in [-0.25, -0.2) is 0 Å². The van der Waals surface area contributed by atoms with E-state index in [0.29, 0.717) is 18.5 Å². The lowest BCUT2D eigenvalue weighted by Gasteiger charge is -2.34. The Morgan fingerprint density at radius 1 is 1.12 bits per heavy atom. The van der Waals surface area contributed by atoms with Gasteiger partial charge in [0.05, 0.1) is 11.5 Å². The Morgan fingerprint density at radius 2 is 1.88 bits per heavy atom. The standard InChI is InChI=1S/C19H20N2O3/c1-13-7-17(19(23)24)12-21(11-13)18(22)16-8-15(9-20-10-16)14-5-3-2-4-6-14/h2-6,8-10,13,17H,7,11-12H2,1H3,(H,23,24). The zero-order chi connectivity index (χ0) is 17.1. The highest BCUT2D eigenvalue weighted by Crippen LogP contribution is 2.24. The number of carboxylic acid groups (broad SMARTS) is 1. The highest BCUT2D eigenvalue weighted by Gasteiger charge is 2.32. The molecule has 1 aromatic heterocycles. The molecule has 0 bridgehead atoms. The summed E-state index contributed by atoms with van der Waals surface area (Å²) in [6.45, 7) is 2.82. The number of carbonyl (C=O) groups excluding carboxylic acids is 1. The largest absolute Gasteiger partial charge is 0.481 e. The van der Waals surface area contributed by atoms with Gasteiger partial charge in [0.15, 0.2) is 0 Å². The third-order valence-corrected chi connectivity index (χ3v) is 4.39. The number of carbonyl (C=O) groups is 2. The number of nitrogens with zero attached hydrogens (tertiary/aromatic N) is 2. The summed E-state index contributed by atoms with van der Waals surface area (Å²) in [5.41, 5.74) is 2.37. The molecule has 1 aliphatic heterocycles. The molecule has 2 unspecified atom stereocenters. The van der Waals surface area contributed by atoms with Crippen molar-refractivity contribution in [2.24, 2.45) is 11.8 Å². The van der Waals surface area contributed by atoms with Gasteiger partial charge in [-0.15, -0.1) is 0 Å². The zero-order valence-electron chi connectivity index (χ0n) is 13.6. The number of aromatic nitrogens is 1. The Balaban J connectivity index is 1.83. The summed E-state index contributed by atoms with van der Waals surface area (Å²) in [6.07, 6.45) is 3.89. The number of benzene rings is 1. The van der Waals surface area contributed by atoms with Crippen molar-refractivity contribution in [3.05, 3.63) is 54.4 Å². The van der Waals surface area contributed by atoms with Crippen LogP contribution >= 0.6 is 0 Å². The molecule has 0 aliphatic carbocycles. The van der Waals surface area contributed by atoms with Crippen molar-refractivity contribution < 1.29 is 14.7 Å². The summed E-state index contributed by atoms with van der Waals surface area (Å²) >= 11 is 0. The Hall–Kier alpha value is -2.69.